The second-order valence-electron chi connectivity index (χ2n) is 5.55. The molecule has 27 heavy (non-hydrogen) atoms. The molecule has 0 spiro atoms. The Balaban J connectivity index is 0. The van der Waals surface area contributed by atoms with E-state index in [-0.39, 0.29) is 24.3 Å². The Hall–Kier alpha value is -2.19. The van der Waals surface area contributed by atoms with Gasteiger partial charge in [0.25, 0.3) is 0 Å². The highest BCUT2D eigenvalue weighted by Gasteiger charge is 2.27. The Morgan fingerprint density at radius 1 is 1.15 bits per heavy atom. The molecular weight excluding hydrogens is 352 g/mol. The molecule has 1 heterocycles. The average molecular weight is 391 g/mol. The minimum atomic E-state index is -0.338. The van der Waals surface area contributed by atoms with Crippen molar-refractivity contribution >= 4 is 18.2 Å². The highest BCUT2D eigenvalue weighted by molar-refractivity contribution is 5.73. The lowest BCUT2D eigenvalue weighted by molar-refractivity contribution is 0.131. The number of rotatable bonds is 6. The third kappa shape index (κ3) is 13.6. The van der Waals surface area contributed by atoms with Crippen molar-refractivity contribution in [2.45, 2.75) is 54.1 Å². The Kier molecular flexibility index (Phi) is 17.3. The van der Waals surface area contributed by atoms with E-state index in [0.29, 0.717) is 19.7 Å². The van der Waals surface area contributed by atoms with Crippen LogP contribution in [0.2, 0.25) is 0 Å². The largest absolute Gasteiger partial charge is 0.450 e. The number of urea groups is 1. The molecule has 0 aromatic heterocycles. The predicted octanol–water partition coefficient (Wildman–Crippen LogP) is 2.66. The topological polar surface area (TPSA) is 100 Å². The third-order valence-corrected chi connectivity index (χ3v) is 3.53. The van der Waals surface area contributed by atoms with Gasteiger partial charge in [-0.2, -0.15) is 0 Å². The van der Waals surface area contributed by atoms with Gasteiger partial charge in [0.1, 0.15) is 6.10 Å². The van der Waals surface area contributed by atoms with Crippen LogP contribution in [0.3, 0.4) is 0 Å². The summed E-state index contributed by atoms with van der Waals surface area (Å²) >= 11 is 0. The lowest BCUT2D eigenvalue weighted by atomic mass is 10.3. The summed E-state index contributed by atoms with van der Waals surface area (Å²) in [4.78, 5) is 35.3. The van der Waals surface area contributed by atoms with Crippen LogP contribution >= 0.6 is 0 Å². The van der Waals surface area contributed by atoms with Gasteiger partial charge in [-0.1, -0.05) is 6.92 Å². The van der Waals surface area contributed by atoms with Crippen molar-refractivity contribution in [2.24, 2.45) is 0 Å². The summed E-state index contributed by atoms with van der Waals surface area (Å²) in [5, 5.41) is 5.17. The van der Waals surface area contributed by atoms with Gasteiger partial charge in [0, 0.05) is 33.2 Å². The van der Waals surface area contributed by atoms with E-state index in [4.69, 9.17) is 4.74 Å². The van der Waals surface area contributed by atoms with Gasteiger partial charge >= 0.3 is 18.2 Å². The number of nitrogens with one attached hydrogen (secondary N) is 2. The number of likely N-dealkylation sites (N-methyl/N-ethyl adjacent to an activating group) is 1. The molecule has 9 nitrogen and oxygen atoms in total. The second-order valence-corrected chi connectivity index (χ2v) is 5.55. The van der Waals surface area contributed by atoms with Crippen molar-refractivity contribution in [1.29, 1.82) is 0 Å². The summed E-state index contributed by atoms with van der Waals surface area (Å²) in [6.07, 6.45) is 0.555. The molecule has 1 aliphatic rings. The van der Waals surface area contributed by atoms with E-state index in [0.717, 1.165) is 26.1 Å². The van der Waals surface area contributed by atoms with Gasteiger partial charge in [0.05, 0.1) is 13.2 Å². The number of alkyl carbamates (subject to hydrolysis) is 1. The first-order valence-corrected chi connectivity index (χ1v) is 9.65. The molecule has 1 aliphatic heterocycles. The Bertz CT molecular complexity index is 413. The van der Waals surface area contributed by atoms with Gasteiger partial charge in [0.15, 0.2) is 0 Å². The van der Waals surface area contributed by atoms with Crippen LogP contribution in [-0.4, -0.2) is 80.5 Å². The fourth-order valence-electron chi connectivity index (χ4n) is 1.80. The monoisotopic (exact) mass is 390 g/mol. The molecule has 0 bridgehead atoms. The molecule has 9 heteroatoms. The van der Waals surface area contributed by atoms with Crippen LogP contribution in [0.15, 0.2) is 0 Å². The average Bonchev–Trinajstić information content (AvgIpc) is 3.02. The zero-order valence-electron chi connectivity index (χ0n) is 18.0. The molecule has 1 rings (SSSR count). The summed E-state index contributed by atoms with van der Waals surface area (Å²) in [5.41, 5.74) is 0. The Morgan fingerprint density at radius 3 is 2.07 bits per heavy atom. The quantitative estimate of drug-likeness (QED) is 0.726. The molecule has 0 aliphatic carbocycles. The van der Waals surface area contributed by atoms with Crippen molar-refractivity contribution in [1.82, 2.24) is 20.4 Å². The van der Waals surface area contributed by atoms with E-state index in [1.807, 2.05) is 34.6 Å². The Labute approximate surface area is 163 Å². The maximum Gasteiger partial charge on any atom is 0.410 e. The van der Waals surface area contributed by atoms with Crippen LogP contribution in [0.4, 0.5) is 14.4 Å². The van der Waals surface area contributed by atoms with E-state index >= 15 is 0 Å². The van der Waals surface area contributed by atoms with Gasteiger partial charge in [-0.15, -0.1) is 0 Å². The highest BCUT2D eigenvalue weighted by atomic mass is 16.6. The first-order valence-electron chi connectivity index (χ1n) is 9.65. The minimum absolute atomic E-state index is 0.000000000000000444. The Morgan fingerprint density at radius 2 is 1.74 bits per heavy atom. The summed E-state index contributed by atoms with van der Waals surface area (Å²) in [6, 6.07) is 0.000000000000000444. The number of carbonyl (C=O) groups excluding carboxylic acids is 3. The van der Waals surface area contributed by atoms with Crippen molar-refractivity contribution in [3.05, 3.63) is 0 Å². The molecule has 1 atom stereocenters. The number of amides is 4. The maximum atomic E-state index is 10.9. The van der Waals surface area contributed by atoms with Crippen LogP contribution in [0.5, 0.6) is 0 Å². The number of hydrogen-bond acceptors (Lipinski definition) is 5. The third-order valence-electron chi connectivity index (χ3n) is 3.53. The molecule has 0 radical (unpaired) electrons. The fourth-order valence-corrected chi connectivity index (χ4v) is 1.80. The van der Waals surface area contributed by atoms with Crippen molar-refractivity contribution < 1.29 is 23.9 Å². The highest BCUT2D eigenvalue weighted by Crippen LogP contribution is 2.12. The summed E-state index contributed by atoms with van der Waals surface area (Å²) in [6.45, 7) is 15.5. The van der Waals surface area contributed by atoms with Crippen LogP contribution in [-0.2, 0) is 9.47 Å². The van der Waals surface area contributed by atoms with Crippen LogP contribution in [0, 0.1) is 0 Å². The zero-order valence-corrected chi connectivity index (χ0v) is 18.0. The summed E-state index contributed by atoms with van der Waals surface area (Å²) < 4.78 is 9.53. The molecule has 1 fully saturated rings. The first kappa shape index (κ1) is 27.0. The van der Waals surface area contributed by atoms with Gasteiger partial charge in [-0.05, 0) is 41.0 Å². The molecule has 1 saturated heterocycles. The molecule has 1 unspecified atom stereocenters. The summed E-state index contributed by atoms with van der Waals surface area (Å²) in [7, 11) is 1.77. The second kappa shape index (κ2) is 17.2. The van der Waals surface area contributed by atoms with Crippen LogP contribution in [0.1, 0.15) is 48.0 Å². The van der Waals surface area contributed by atoms with Gasteiger partial charge in [0.2, 0.25) is 0 Å². The number of hydrogen-bond donors (Lipinski definition) is 2. The molecule has 0 aromatic rings. The van der Waals surface area contributed by atoms with Crippen LogP contribution < -0.4 is 10.6 Å². The zero-order chi connectivity index (χ0) is 21.2. The number of carbonyl (C=O) groups is 3. The van der Waals surface area contributed by atoms with Gasteiger partial charge in [-0.25, -0.2) is 14.4 Å². The van der Waals surface area contributed by atoms with E-state index < -0.39 is 0 Å². The molecular formula is C18H38N4O5. The van der Waals surface area contributed by atoms with E-state index in [1.165, 1.54) is 0 Å². The predicted molar refractivity (Wildman–Crippen MR) is 106 cm³/mol. The number of ether oxygens (including phenoxy) is 2. The molecule has 2 N–H and O–H groups in total. The maximum absolute atomic E-state index is 10.9. The van der Waals surface area contributed by atoms with Crippen molar-refractivity contribution in [3.8, 4) is 0 Å². The van der Waals surface area contributed by atoms with Crippen LogP contribution in [0.25, 0.3) is 0 Å². The van der Waals surface area contributed by atoms with Gasteiger partial charge in [-0.3, -0.25) is 0 Å². The standard InChI is InChI=1S/C7H13NO2.C6H14N2O.C5H11NO2/c1-3-6-5-8(4-2)7(9)10-6;1-4-7-6(9)8(3)5-2;1-3-6-5(7)8-4-2/h6H,3-5H2,1-2H3;4-5H2,1-3H3,(H,7,9);3-4H2,1-2H3,(H,6,7). The molecule has 4 amide bonds. The van der Waals surface area contributed by atoms with E-state index in [2.05, 4.69) is 15.4 Å². The van der Waals surface area contributed by atoms with Gasteiger partial charge < -0.3 is 29.9 Å². The lowest BCUT2D eigenvalue weighted by Crippen LogP contribution is -2.36. The van der Waals surface area contributed by atoms with E-state index in [1.54, 1.807) is 23.8 Å². The number of cyclic esters (lactones) is 1. The van der Waals surface area contributed by atoms with Crippen molar-refractivity contribution in [2.75, 3.05) is 46.4 Å². The van der Waals surface area contributed by atoms with E-state index in [9.17, 15) is 14.4 Å². The molecule has 0 saturated carbocycles. The summed E-state index contributed by atoms with van der Waals surface area (Å²) in [5.74, 6) is 0. The normalized spacial score (nSPS) is 14.7. The smallest absolute Gasteiger partial charge is 0.410 e. The van der Waals surface area contributed by atoms with Crippen molar-refractivity contribution in [3.63, 3.8) is 0 Å². The fraction of sp³-hybridized carbons (Fsp3) is 0.833. The number of nitrogens with zero attached hydrogens (tertiary/aromatic N) is 2. The molecule has 160 valence electrons. The minimum Gasteiger partial charge on any atom is -0.450 e. The SMILES string of the molecule is CCC1CN(CC)C(=O)O1.CCNC(=O)N(C)CC.CCNC(=O)OCC. The lowest BCUT2D eigenvalue weighted by Gasteiger charge is -2.13. The first-order chi connectivity index (χ1) is 12.8. The molecule has 0 aromatic carbocycles.